The van der Waals surface area contributed by atoms with E-state index in [9.17, 15) is 19.2 Å². The summed E-state index contributed by atoms with van der Waals surface area (Å²) in [6, 6.07) is -2.63. The molecule has 5 N–H and O–H groups in total. The van der Waals surface area contributed by atoms with Crippen molar-refractivity contribution in [3.05, 3.63) is 0 Å². The summed E-state index contributed by atoms with van der Waals surface area (Å²) < 4.78 is 0. The van der Waals surface area contributed by atoms with Gasteiger partial charge in [-0.1, -0.05) is 0 Å². The van der Waals surface area contributed by atoms with Gasteiger partial charge in [0.2, 0.25) is 11.8 Å². The minimum absolute atomic E-state index is 0.101. The first-order valence-electron chi connectivity index (χ1n) is 6.14. The van der Waals surface area contributed by atoms with Gasteiger partial charge in [0.05, 0.1) is 0 Å². The number of nitrogens with zero attached hydrogens (tertiary/aromatic N) is 1. The number of hydrogen-bond donors (Lipinski definition) is 4. The second-order valence-corrected chi connectivity index (χ2v) is 4.61. The van der Waals surface area contributed by atoms with Crippen LogP contribution in [0.3, 0.4) is 0 Å². The van der Waals surface area contributed by atoms with Gasteiger partial charge in [-0.15, -0.1) is 0 Å². The molecule has 0 aliphatic carbocycles. The summed E-state index contributed by atoms with van der Waals surface area (Å²) in [5.74, 6) is -2.13. The molecule has 0 radical (unpaired) electrons. The van der Waals surface area contributed by atoms with Crippen LogP contribution < -0.4 is 16.4 Å². The molecule has 2 atom stereocenters. The Hall–Kier alpha value is -2.32. The minimum Gasteiger partial charge on any atom is -0.480 e. The van der Waals surface area contributed by atoms with E-state index >= 15 is 0 Å². The third-order valence-corrected chi connectivity index (χ3v) is 3.02. The summed E-state index contributed by atoms with van der Waals surface area (Å²) >= 11 is 0. The molecule has 0 aromatic heterocycles. The van der Waals surface area contributed by atoms with Gasteiger partial charge in [-0.05, 0) is 12.8 Å². The number of rotatable bonds is 6. The Morgan fingerprint density at radius 2 is 2.15 bits per heavy atom. The molecule has 0 aromatic carbocycles. The van der Waals surface area contributed by atoms with Crippen molar-refractivity contribution in [1.82, 2.24) is 15.5 Å². The molecule has 4 amide bonds. The maximum atomic E-state index is 11.6. The third-order valence-electron chi connectivity index (χ3n) is 3.02. The number of primary amides is 1. The number of carbonyl (C=O) groups excluding carboxylic acids is 3. The van der Waals surface area contributed by atoms with Gasteiger partial charge in [0.25, 0.3) is 0 Å². The van der Waals surface area contributed by atoms with E-state index in [2.05, 4.69) is 10.6 Å². The number of carboxylic acids is 1. The zero-order valence-electron chi connectivity index (χ0n) is 11.1. The van der Waals surface area contributed by atoms with E-state index in [0.717, 1.165) is 0 Å². The standard InChI is InChI=1S/C11H18N4O5/c1-15-5-4-6(9(15)17)13-11(20)14-7(10(18)19)2-3-8(12)16/h6-7H,2-5H2,1H3,(H2,12,16)(H,18,19)(H2,13,14,20). The lowest BCUT2D eigenvalue weighted by molar-refractivity contribution is -0.139. The number of nitrogens with two attached hydrogens (primary N) is 1. The molecule has 2 unspecified atom stereocenters. The first-order chi connectivity index (χ1) is 9.31. The Bertz CT molecular complexity index is 425. The van der Waals surface area contributed by atoms with E-state index in [0.29, 0.717) is 13.0 Å². The molecule has 112 valence electrons. The van der Waals surface area contributed by atoms with E-state index < -0.39 is 30.0 Å². The molecular formula is C11H18N4O5. The Kier molecular flexibility index (Phi) is 5.30. The number of likely N-dealkylation sites (N-methyl/N-ethyl adjacent to an activating group) is 1. The van der Waals surface area contributed by atoms with Gasteiger partial charge in [-0.3, -0.25) is 9.59 Å². The van der Waals surface area contributed by atoms with Crippen LogP contribution >= 0.6 is 0 Å². The monoisotopic (exact) mass is 286 g/mol. The Balaban J connectivity index is 2.48. The van der Waals surface area contributed by atoms with Crippen LogP contribution in [0.15, 0.2) is 0 Å². The van der Waals surface area contributed by atoms with E-state index in [1.807, 2.05) is 0 Å². The predicted octanol–water partition coefficient (Wildman–Crippen LogP) is -1.76. The molecule has 1 saturated heterocycles. The van der Waals surface area contributed by atoms with Crippen LogP contribution in [0.2, 0.25) is 0 Å². The minimum atomic E-state index is -1.27. The SMILES string of the molecule is CN1CCC(NC(=O)NC(CCC(N)=O)C(=O)O)C1=O. The van der Waals surface area contributed by atoms with Gasteiger partial charge in [-0.25, -0.2) is 9.59 Å². The number of urea groups is 1. The maximum absolute atomic E-state index is 11.6. The lowest BCUT2D eigenvalue weighted by Gasteiger charge is -2.17. The third kappa shape index (κ3) is 4.41. The lowest BCUT2D eigenvalue weighted by atomic mass is 10.1. The summed E-state index contributed by atoms with van der Waals surface area (Å²) in [6.07, 6.45) is 0.223. The van der Waals surface area contributed by atoms with Crippen molar-refractivity contribution in [3.63, 3.8) is 0 Å². The molecular weight excluding hydrogens is 268 g/mol. The molecule has 0 bridgehead atoms. The summed E-state index contributed by atoms with van der Waals surface area (Å²) in [6.45, 7) is 0.536. The normalized spacial score (nSPS) is 19.6. The van der Waals surface area contributed by atoms with Gasteiger partial charge < -0.3 is 26.4 Å². The molecule has 1 fully saturated rings. The van der Waals surface area contributed by atoms with Crippen molar-refractivity contribution in [3.8, 4) is 0 Å². The molecule has 1 aliphatic rings. The highest BCUT2D eigenvalue weighted by molar-refractivity contribution is 5.90. The quantitative estimate of drug-likeness (QED) is 0.457. The van der Waals surface area contributed by atoms with Crippen molar-refractivity contribution in [2.24, 2.45) is 5.73 Å². The fourth-order valence-electron chi connectivity index (χ4n) is 1.86. The number of carbonyl (C=O) groups is 4. The molecule has 9 nitrogen and oxygen atoms in total. The number of nitrogens with one attached hydrogen (secondary N) is 2. The molecule has 9 heteroatoms. The van der Waals surface area contributed by atoms with Gasteiger partial charge in [-0.2, -0.15) is 0 Å². The zero-order valence-corrected chi connectivity index (χ0v) is 11.1. The molecule has 1 rings (SSSR count). The van der Waals surface area contributed by atoms with Crippen molar-refractivity contribution in [2.75, 3.05) is 13.6 Å². The molecule has 0 spiro atoms. The average molecular weight is 286 g/mol. The van der Waals surface area contributed by atoms with E-state index in [4.69, 9.17) is 10.8 Å². The number of aliphatic carboxylic acids is 1. The average Bonchev–Trinajstić information content (AvgIpc) is 2.65. The van der Waals surface area contributed by atoms with E-state index in [1.165, 1.54) is 4.90 Å². The number of likely N-dealkylation sites (tertiary alicyclic amines) is 1. The maximum Gasteiger partial charge on any atom is 0.326 e. The molecule has 0 aromatic rings. The molecule has 1 aliphatic heterocycles. The number of amides is 4. The Morgan fingerprint density at radius 1 is 1.50 bits per heavy atom. The highest BCUT2D eigenvalue weighted by atomic mass is 16.4. The highest BCUT2D eigenvalue weighted by Gasteiger charge is 2.31. The van der Waals surface area contributed by atoms with Crippen LogP contribution in [0.5, 0.6) is 0 Å². The number of carboxylic acid groups (broad SMARTS) is 1. The Labute approximate surface area is 115 Å². The molecule has 0 saturated carbocycles. The van der Waals surface area contributed by atoms with E-state index in [1.54, 1.807) is 7.05 Å². The van der Waals surface area contributed by atoms with Crippen LogP contribution in [0.4, 0.5) is 4.79 Å². The van der Waals surface area contributed by atoms with Crippen molar-refractivity contribution in [1.29, 1.82) is 0 Å². The van der Waals surface area contributed by atoms with Crippen LogP contribution in [0.25, 0.3) is 0 Å². The van der Waals surface area contributed by atoms with Crippen LogP contribution in [-0.4, -0.2) is 59.5 Å². The summed E-state index contributed by atoms with van der Waals surface area (Å²) in [7, 11) is 1.62. The summed E-state index contributed by atoms with van der Waals surface area (Å²) in [4.78, 5) is 46.3. The first-order valence-corrected chi connectivity index (χ1v) is 6.14. The predicted molar refractivity (Wildman–Crippen MR) is 67.6 cm³/mol. The van der Waals surface area contributed by atoms with Gasteiger partial charge in [0, 0.05) is 20.0 Å². The topological polar surface area (TPSA) is 142 Å². The van der Waals surface area contributed by atoms with Crippen molar-refractivity contribution < 1.29 is 24.3 Å². The zero-order chi connectivity index (χ0) is 15.3. The fraction of sp³-hybridized carbons (Fsp3) is 0.636. The van der Waals surface area contributed by atoms with E-state index in [-0.39, 0.29) is 18.7 Å². The molecule has 20 heavy (non-hydrogen) atoms. The second-order valence-electron chi connectivity index (χ2n) is 4.61. The lowest BCUT2D eigenvalue weighted by Crippen LogP contribution is -2.50. The van der Waals surface area contributed by atoms with Crippen molar-refractivity contribution >= 4 is 23.8 Å². The second kappa shape index (κ2) is 6.73. The van der Waals surface area contributed by atoms with Gasteiger partial charge in [0.1, 0.15) is 12.1 Å². The largest absolute Gasteiger partial charge is 0.480 e. The number of hydrogen-bond acceptors (Lipinski definition) is 4. The van der Waals surface area contributed by atoms with Gasteiger partial charge in [0.15, 0.2) is 0 Å². The fourth-order valence-corrected chi connectivity index (χ4v) is 1.86. The highest BCUT2D eigenvalue weighted by Crippen LogP contribution is 2.08. The van der Waals surface area contributed by atoms with Crippen LogP contribution in [0, 0.1) is 0 Å². The van der Waals surface area contributed by atoms with Crippen LogP contribution in [0.1, 0.15) is 19.3 Å². The first kappa shape index (κ1) is 15.7. The summed E-state index contributed by atoms with van der Waals surface area (Å²) in [5, 5.41) is 13.5. The smallest absolute Gasteiger partial charge is 0.326 e. The van der Waals surface area contributed by atoms with Crippen molar-refractivity contribution in [2.45, 2.75) is 31.3 Å². The van der Waals surface area contributed by atoms with Gasteiger partial charge >= 0.3 is 12.0 Å². The van der Waals surface area contributed by atoms with Crippen LogP contribution in [-0.2, 0) is 14.4 Å². The molecule has 1 heterocycles. The summed E-state index contributed by atoms with van der Waals surface area (Å²) in [5.41, 5.74) is 4.93. The Morgan fingerprint density at radius 3 is 2.60 bits per heavy atom.